The lowest BCUT2D eigenvalue weighted by molar-refractivity contribution is 0.0989. The third kappa shape index (κ3) is 2.56. The van der Waals surface area contributed by atoms with E-state index in [0.29, 0.717) is 11.4 Å². The molecule has 94 valence electrons. The van der Waals surface area contributed by atoms with Crippen LogP contribution < -0.4 is 4.90 Å². The van der Waals surface area contributed by atoms with E-state index in [-0.39, 0.29) is 12.2 Å². The van der Waals surface area contributed by atoms with Crippen molar-refractivity contribution in [1.82, 2.24) is 14.8 Å². The monoisotopic (exact) mass is 244 g/mol. The molecule has 0 radical (unpaired) electrons. The Morgan fingerprint density at radius 1 is 1.39 bits per heavy atom. The molecule has 2 rings (SSSR count). The number of aryl methyl sites for hydroxylation is 1. The number of aromatic nitrogens is 3. The van der Waals surface area contributed by atoms with Crippen molar-refractivity contribution in [2.75, 3.05) is 19.0 Å². The smallest absolute Gasteiger partial charge is 0.170 e. The fourth-order valence-corrected chi connectivity index (χ4v) is 1.68. The molecule has 0 atom stereocenters. The summed E-state index contributed by atoms with van der Waals surface area (Å²) in [6.45, 7) is 0. The number of ketones is 1. The van der Waals surface area contributed by atoms with Crippen LogP contribution in [0.5, 0.6) is 0 Å². The van der Waals surface area contributed by atoms with Crippen LogP contribution in [0.3, 0.4) is 0 Å². The lowest BCUT2D eigenvalue weighted by atomic mass is 10.1. The van der Waals surface area contributed by atoms with Gasteiger partial charge in [-0.1, -0.05) is 12.1 Å². The predicted molar refractivity (Wildman–Crippen MR) is 69.8 cm³/mol. The van der Waals surface area contributed by atoms with E-state index in [0.717, 1.165) is 5.69 Å². The van der Waals surface area contributed by atoms with Gasteiger partial charge in [0.2, 0.25) is 0 Å². The Morgan fingerprint density at radius 3 is 2.78 bits per heavy atom. The van der Waals surface area contributed by atoms with Gasteiger partial charge in [0.05, 0.1) is 6.42 Å². The van der Waals surface area contributed by atoms with E-state index < -0.39 is 0 Å². The largest absolute Gasteiger partial charge is 0.378 e. The maximum Gasteiger partial charge on any atom is 0.170 e. The Kier molecular flexibility index (Phi) is 3.41. The fraction of sp³-hybridized carbons (Fsp3) is 0.308. The minimum atomic E-state index is 0.0507. The van der Waals surface area contributed by atoms with Gasteiger partial charge < -0.3 is 4.90 Å². The van der Waals surface area contributed by atoms with Crippen LogP contribution in [0, 0.1) is 0 Å². The second-order valence-electron chi connectivity index (χ2n) is 4.34. The lowest BCUT2D eigenvalue weighted by Crippen LogP contribution is -2.12. The first kappa shape index (κ1) is 12.3. The summed E-state index contributed by atoms with van der Waals surface area (Å²) >= 11 is 0. The van der Waals surface area contributed by atoms with Crippen molar-refractivity contribution in [2.45, 2.75) is 6.42 Å². The number of rotatable bonds is 4. The van der Waals surface area contributed by atoms with Gasteiger partial charge in [-0.15, -0.1) is 0 Å². The van der Waals surface area contributed by atoms with Crippen LogP contribution in [-0.2, 0) is 13.5 Å². The van der Waals surface area contributed by atoms with E-state index in [1.165, 1.54) is 6.33 Å². The molecule has 0 aliphatic carbocycles. The maximum atomic E-state index is 12.1. The van der Waals surface area contributed by atoms with E-state index in [9.17, 15) is 4.79 Å². The van der Waals surface area contributed by atoms with E-state index in [2.05, 4.69) is 10.1 Å². The standard InChI is InChI=1S/C13H16N4O/c1-16(2)11-6-4-5-10(7-11)12(18)8-13-14-9-15-17(13)3/h4-7,9H,8H2,1-3H3. The molecule has 0 spiro atoms. The first-order chi connectivity index (χ1) is 8.58. The second kappa shape index (κ2) is 5.00. The molecular formula is C13H16N4O. The summed E-state index contributed by atoms with van der Waals surface area (Å²) in [6.07, 6.45) is 1.73. The Hall–Kier alpha value is -2.17. The van der Waals surface area contributed by atoms with E-state index in [1.54, 1.807) is 11.7 Å². The maximum absolute atomic E-state index is 12.1. The van der Waals surface area contributed by atoms with Gasteiger partial charge in [0.25, 0.3) is 0 Å². The lowest BCUT2D eigenvalue weighted by Gasteiger charge is -2.13. The average Bonchev–Trinajstić information content (AvgIpc) is 2.75. The summed E-state index contributed by atoms with van der Waals surface area (Å²) in [5, 5.41) is 3.95. The fourth-order valence-electron chi connectivity index (χ4n) is 1.68. The van der Waals surface area contributed by atoms with Crippen molar-refractivity contribution < 1.29 is 4.79 Å². The molecule has 0 N–H and O–H groups in total. The Labute approximate surface area is 106 Å². The van der Waals surface area contributed by atoms with Gasteiger partial charge in [-0.25, -0.2) is 4.98 Å². The number of carbonyl (C=O) groups is 1. The summed E-state index contributed by atoms with van der Waals surface area (Å²) in [5.74, 6) is 0.727. The molecule has 1 heterocycles. The number of anilines is 1. The normalized spacial score (nSPS) is 10.4. The van der Waals surface area contributed by atoms with Crippen LogP contribution in [-0.4, -0.2) is 34.6 Å². The van der Waals surface area contributed by atoms with Gasteiger partial charge in [0.1, 0.15) is 12.2 Å². The van der Waals surface area contributed by atoms with Crippen molar-refractivity contribution in [3.05, 3.63) is 42.0 Å². The summed E-state index contributed by atoms with van der Waals surface area (Å²) in [6, 6.07) is 7.57. The van der Waals surface area contributed by atoms with E-state index >= 15 is 0 Å². The van der Waals surface area contributed by atoms with Gasteiger partial charge in [-0.2, -0.15) is 5.10 Å². The van der Waals surface area contributed by atoms with E-state index in [1.807, 2.05) is 43.3 Å². The molecule has 0 aliphatic rings. The first-order valence-electron chi connectivity index (χ1n) is 5.71. The van der Waals surface area contributed by atoms with Gasteiger partial charge in [0.15, 0.2) is 5.78 Å². The zero-order chi connectivity index (χ0) is 13.1. The third-order valence-corrected chi connectivity index (χ3v) is 2.81. The topological polar surface area (TPSA) is 51.0 Å². The van der Waals surface area contributed by atoms with Crippen LogP contribution in [0.2, 0.25) is 0 Å². The average molecular weight is 244 g/mol. The Balaban J connectivity index is 2.19. The van der Waals surface area contributed by atoms with Crippen LogP contribution in [0.4, 0.5) is 5.69 Å². The van der Waals surface area contributed by atoms with Crippen molar-refractivity contribution in [2.24, 2.45) is 7.05 Å². The van der Waals surface area contributed by atoms with Gasteiger partial charge in [0, 0.05) is 32.4 Å². The highest BCUT2D eigenvalue weighted by Gasteiger charge is 2.11. The van der Waals surface area contributed by atoms with Gasteiger partial charge in [-0.3, -0.25) is 9.48 Å². The Morgan fingerprint density at radius 2 is 2.17 bits per heavy atom. The van der Waals surface area contributed by atoms with Crippen molar-refractivity contribution in [1.29, 1.82) is 0 Å². The van der Waals surface area contributed by atoms with Crippen molar-refractivity contribution in [3.8, 4) is 0 Å². The Bertz CT molecular complexity index is 560. The number of nitrogens with zero attached hydrogens (tertiary/aromatic N) is 4. The van der Waals surface area contributed by atoms with Crippen LogP contribution in [0.15, 0.2) is 30.6 Å². The highest BCUT2D eigenvalue weighted by molar-refractivity contribution is 5.97. The highest BCUT2D eigenvalue weighted by atomic mass is 16.1. The number of Topliss-reactive ketones (excluding diaryl/α,β-unsaturated/α-hetero) is 1. The van der Waals surface area contributed by atoms with E-state index in [4.69, 9.17) is 0 Å². The summed E-state index contributed by atoms with van der Waals surface area (Å²) in [4.78, 5) is 18.2. The molecule has 0 aliphatic heterocycles. The zero-order valence-corrected chi connectivity index (χ0v) is 10.8. The van der Waals surface area contributed by atoms with Gasteiger partial charge >= 0.3 is 0 Å². The molecule has 1 aromatic heterocycles. The SMILES string of the molecule is CN(C)c1cccc(C(=O)Cc2ncnn2C)c1. The number of benzene rings is 1. The first-order valence-corrected chi connectivity index (χ1v) is 5.71. The predicted octanol–water partition coefficient (Wildman–Crippen LogP) is 1.31. The van der Waals surface area contributed by atoms with Crippen molar-refractivity contribution >= 4 is 11.5 Å². The third-order valence-electron chi connectivity index (χ3n) is 2.81. The quantitative estimate of drug-likeness (QED) is 0.761. The number of hydrogen-bond acceptors (Lipinski definition) is 4. The second-order valence-corrected chi connectivity index (χ2v) is 4.34. The minimum Gasteiger partial charge on any atom is -0.378 e. The van der Waals surface area contributed by atoms with Crippen LogP contribution in [0.1, 0.15) is 16.2 Å². The molecule has 2 aromatic rings. The number of hydrogen-bond donors (Lipinski definition) is 0. The molecule has 0 saturated heterocycles. The van der Waals surface area contributed by atoms with Crippen molar-refractivity contribution in [3.63, 3.8) is 0 Å². The van der Waals surface area contributed by atoms with Crippen LogP contribution in [0.25, 0.3) is 0 Å². The molecule has 5 nitrogen and oxygen atoms in total. The molecule has 1 aromatic carbocycles. The number of carbonyl (C=O) groups excluding carboxylic acids is 1. The molecule has 0 bridgehead atoms. The molecule has 0 amide bonds. The molecular weight excluding hydrogens is 228 g/mol. The summed E-state index contributed by atoms with van der Waals surface area (Å²) in [7, 11) is 5.68. The highest BCUT2D eigenvalue weighted by Crippen LogP contribution is 2.14. The molecule has 0 fully saturated rings. The van der Waals surface area contributed by atoms with Crippen LogP contribution >= 0.6 is 0 Å². The minimum absolute atomic E-state index is 0.0507. The molecule has 5 heteroatoms. The zero-order valence-electron chi connectivity index (χ0n) is 10.8. The molecule has 0 unspecified atom stereocenters. The van der Waals surface area contributed by atoms with Gasteiger partial charge in [-0.05, 0) is 12.1 Å². The molecule has 18 heavy (non-hydrogen) atoms. The summed E-state index contributed by atoms with van der Waals surface area (Å²) < 4.78 is 1.62. The molecule has 0 saturated carbocycles. The summed E-state index contributed by atoms with van der Waals surface area (Å²) in [5.41, 5.74) is 1.71.